The molecule has 0 saturated heterocycles. The number of aliphatic hydroxyl groups is 2. The molecule has 0 spiro atoms. The van der Waals surface area contributed by atoms with E-state index in [4.69, 9.17) is 0 Å². The van der Waals surface area contributed by atoms with E-state index >= 15 is 0 Å². The SMILES string of the molecule is O=CC1C(O)=Cc2cc3ccccc3cc2C1O. The maximum Gasteiger partial charge on any atom is 0.133 e. The van der Waals surface area contributed by atoms with Crippen LogP contribution in [0.4, 0.5) is 0 Å². The number of hydrogen-bond donors (Lipinski definition) is 2. The summed E-state index contributed by atoms with van der Waals surface area (Å²) < 4.78 is 0. The molecule has 1 aliphatic rings. The molecule has 0 amide bonds. The minimum atomic E-state index is -0.980. The van der Waals surface area contributed by atoms with Crippen LogP contribution in [-0.4, -0.2) is 16.5 Å². The quantitative estimate of drug-likeness (QED) is 0.753. The van der Waals surface area contributed by atoms with Gasteiger partial charge >= 0.3 is 0 Å². The number of carbonyl (C=O) groups excluding carboxylic acids is 1. The monoisotopic (exact) mass is 240 g/mol. The van der Waals surface area contributed by atoms with E-state index in [1.807, 2.05) is 36.4 Å². The standard InChI is InChI=1S/C15H12O3/c16-8-13-14(17)7-11-5-9-3-1-2-4-10(9)6-12(11)15(13)18/h1-8,13,15,17-18H. The van der Waals surface area contributed by atoms with Crippen molar-refractivity contribution in [2.75, 3.05) is 0 Å². The Labute approximate surface area is 104 Å². The third-order valence-electron chi connectivity index (χ3n) is 3.40. The Morgan fingerprint density at radius 3 is 2.44 bits per heavy atom. The van der Waals surface area contributed by atoms with Gasteiger partial charge in [0.15, 0.2) is 0 Å². The van der Waals surface area contributed by atoms with Crippen LogP contribution in [0.1, 0.15) is 17.2 Å². The van der Waals surface area contributed by atoms with E-state index in [1.165, 1.54) is 0 Å². The summed E-state index contributed by atoms with van der Waals surface area (Å²) in [6.45, 7) is 0. The van der Waals surface area contributed by atoms with Gasteiger partial charge in [-0.1, -0.05) is 24.3 Å². The molecule has 90 valence electrons. The van der Waals surface area contributed by atoms with Gasteiger partial charge in [-0.05, 0) is 40.1 Å². The summed E-state index contributed by atoms with van der Waals surface area (Å²) in [7, 11) is 0. The first kappa shape index (κ1) is 11.0. The van der Waals surface area contributed by atoms with Gasteiger partial charge in [-0.3, -0.25) is 0 Å². The number of hydrogen-bond acceptors (Lipinski definition) is 3. The lowest BCUT2D eigenvalue weighted by Crippen LogP contribution is -2.20. The zero-order chi connectivity index (χ0) is 12.7. The molecule has 2 aromatic carbocycles. The Morgan fingerprint density at radius 1 is 1.11 bits per heavy atom. The lowest BCUT2D eigenvalue weighted by atomic mass is 9.85. The molecule has 0 saturated carbocycles. The molecule has 2 unspecified atom stereocenters. The Bertz CT molecular complexity index is 658. The van der Waals surface area contributed by atoms with Crippen molar-refractivity contribution < 1.29 is 15.0 Å². The van der Waals surface area contributed by atoms with E-state index in [2.05, 4.69) is 0 Å². The second kappa shape index (κ2) is 3.96. The van der Waals surface area contributed by atoms with Crippen LogP contribution in [0.2, 0.25) is 0 Å². The molecule has 0 fully saturated rings. The molecule has 2 aromatic rings. The average Bonchev–Trinajstić information content (AvgIpc) is 2.37. The minimum absolute atomic E-state index is 0.0831. The summed E-state index contributed by atoms with van der Waals surface area (Å²) in [6.07, 6.45) is 1.15. The van der Waals surface area contributed by atoms with Gasteiger partial charge in [-0.25, -0.2) is 0 Å². The van der Waals surface area contributed by atoms with Crippen molar-refractivity contribution in [1.29, 1.82) is 0 Å². The Balaban J connectivity index is 2.27. The second-order valence-corrected chi connectivity index (χ2v) is 4.50. The summed E-state index contributed by atoms with van der Waals surface area (Å²) in [6, 6.07) is 11.6. The summed E-state index contributed by atoms with van der Waals surface area (Å²) in [4.78, 5) is 10.9. The number of aldehydes is 1. The molecule has 0 heterocycles. The van der Waals surface area contributed by atoms with Crippen LogP contribution >= 0.6 is 0 Å². The summed E-state index contributed by atoms with van der Waals surface area (Å²) >= 11 is 0. The number of aliphatic hydroxyl groups excluding tert-OH is 2. The van der Waals surface area contributed by atoms with Crippen molar-refractivity contribution in [3.63, 3.8) is 0 Å². The van der Waals surface area contributed by atoms with Gasteiger partial charge < -0.3 is 15.0 Å². The predicted molar refractivity (Wildman–Crippen MR) is 69.1 cm³/mol. The van der Waals surface area contributed by atoms with Gasteiger partial charge in [0, 0.05) is 0 Å². The highest BCUT2D eigenvalue weighted by Gasteiger charge is 2.30. The zero-order valence-corrected chi connectivity index (χ0v) is 9.58. The molecule has 0 radical (unpaired) electrons. The van der Waals surface area contributed by atoms with Crippen LogP contribution < -0.4 is 0 Å². The predicted octanol–water partition coefficient (Wildman–Crippen LogP) is 2.60. The molecule has 0 aromatic heterocycles. The topological polar surface area (TPSA) is 57.5 Å². The summed E-state index contributed by atoms with van der Waals surface area (Å²) in [5.74, 6) is -0.945. The third kappa shape index (κ3) is 1.52. The first-order chi connectivity index (χ1) is 8.70. The molecule has 0 aliphatic heterocycles. The molecule has 3 rings (SSSR count). The lowest BCUT2D eigenvalue weighted by Gasteiger charge is -2.24. The first-order valence-corrected chi connectivity index (χ1v) is 5.77. The number of benzene rings is 2. The van der Waals surface area contributed by atoms with Crippen LogP contribution in [0.15, 0.2) is 42.2 Å². The third-order valence-corrected chi connectivity index (χ3v) is 3.40. The van der Waals surface area contributed by atoms with Crippen LogP contribution in [0, 0.1) is 5.92 Å². The second-order valence-electron chi connectivity index (χ2n) is 4.50. The Hall–Kier alpha value is -2.13. The van der Waals surface area contributed by atoms with E-state index < -0.39 is 12.0 Å². The largest absolute Gasteiger partial charge is 0.511 e. The molecule has 1 aliphatic carbocycles. The molecular weight excluding hydrogens is 228 g/mol. The van der Waals surface area contributed by atoms with Crippen molar-refractivity contribution in [3.8, 4) is 0 Å². The van der Waals surface area contributed by atoms with E-state index in [-0.39, 0.29) is 5.76 Å². The van der Waals surface area contributed by atoms with E-state index in [0.29, 0.717) is 11.8 Å². The van der Waals surface area contributed by atoms with Crippen molar-refractivity contribution in [2.24, 2.45) is 5.92 Å². The molecule has 2 N–H and O–H groups in total. The van der Waals surface area contributed by atoms with Crippen molar-refractivity contribution in [1.82, 2.24) is 0 Å². The van der Waals surface area contributed by atoms with E-state index in [1.54, 1.807) is 6.08 Å². The number of rotatable bonds is 1. The van der Waals surface area contributed by atoms with Gasteiger partial charge in [0.2, 0.25) is 0 Å². The fraction of sp³-hybridized carbons (Fsp3) is 0.133. The van der Waals surface area contributed by atoms with Crippen LogP contribution in [0.25, 0.3) is 16.8 Å². The lowest BCUT2D eigenvalue weighted by molar-refractivity contribution is -0.114. The molecule has 0 bridgehead atoms. The average molecular weight is 240 g/mol. The van der Waals surface area contributed by atoms with Gasteiger partial charge in [0.25, 0.3) is 0 Å². The number of carbonyl (C=O) groups is 1. The highest BCUT2D eigenvalue weighted by molar-refractivity contribution is 5.87. The molecule has 3 heteroatoms. The molecular formula is C15H12O3. The van der Waals surface area contributed by atoms with Gasteiger partial charge in [-0.2, -0.15) is 0 Å². The molecule has 2 atom stereocenters. The fourth-order valence-corrected chi connectivity index (χ4v) is 2.41. The highest BCUT2D eigenvalue weighted by atomic mass is 16.3. The summed E-state index contributed by atoms with van der Waals surface area (Å²) in [5.41, 5.74) is 1.44. The molecule has 18 heavy (non-hydrogen) atoms. The van der Waals surface area contributed by atoms with Gasteiger partial charge in [-0.15, -0.1) is 0 Å². The van der Waals surface area contributed by atoms with Crippen molar-refractivity contribution in [3.05, 3.63) is 53.3 Å². The van der Waals surface area contributed by atoms with Crippen LogP contribution in [0.3, 0.4) is 0 Å². The Morgan fingerprint density at radius 2 is 1.78 bits per heavy atom. The fourth-order valence-electron chi connectivity index (χ4n) is 2.41. The smallest absolute Gasteiger partial charge is 0.133 e. The zero-order valence-electron chi connectivity index (χ0n) is 9.58. The highest BCUT2D eigenvalue weighted by Crippen LogP contribution is 2.36. The normalized spacial score (nSPS) is 22.4. The van der Waals surface area contributed by atoms with Crippen molar-refractivity contribution in [2.45, 2.75) is 6.10 Å². The first-order valence-electron chi connectivity index (χ1n) is 5.77. The van der Waals surface area contributed by atoms with E-state index in [0.717, 1.165) is 16.3 Å². The van der Waals surface area contributed by atoms with Crippen LogP contribution in [0.5, 0.6) is 0 Å². The molecule has 3 nitrogen and oxygen atoms in total. The van der Waals surface area contributed by atoms with Gasteiger partial charge in [0.05, 0.1) is 6.10 Å². The Kier molecular flexibility index (Phi) is 2.42. The van der Waals surface area contributed by atoms with Gasteiger partial charge in [0.1, 0.15) is 18.0 Å². The van der Waals surface area contributed by atoms with Crippen molar-refractivity contribution >= 4 is 23.1 Å². The van der Waals surface area contributed by atoms with E-state index in [9.17, 15) is 15.0 Å². The maximum absolute atomic E-state index is 10.9. The maximum atomic E-state index is 10.9. The minimum Gasteiger partial charge on any atom is -0.511 e. The number of fused-ring (bicyclic) bond motifs is 2. The summed E-state index contributed by atoms with van der Waals surface area (Å²) in [5, 5.41) is 21.9. The van der Waals surface area contributed by atoms with Crippen LogP contribution in [-0.2, 0) is 4.79 Å².